The van der Waals surface area contributed by atoms with E-state index in [1.165, 1.54) is 0 Å². The third-order valence-corrected chi connectivity index (χ3v) is 5.35. The Hall–Kier alpha value is -2.89. The number of hydrogen-bond donors (Lipinski definition) is 0. The Balaban J connectivity index is 1.46. The van der Waals surface area contributed by atoms with Gasteiger partial charge in [0.05, 0.1) is 0 Å². The highest BCUT2D eigenvalue weighted by Gasteiger charge is 2.36. The molecule has 2 aliphatic rings. The Kier molecular flexibility index (Phi) is 3.07. The van der Waals surface area contributed by atoms with Crippen LogP contribution >= 0.6 is 0 Å². The molecule has 5 heterocycles. The number of carbonyl (C=O) groups is 1. The predicted molar refractivity (Wildman–Crippen MR) is 92.6 cm³/mol. The van der Waals surface area contributed by atoms with Crippen LogP contribution in [-0.2, 0) is 6.54 Å². The van der Waals surface area contributed by atoms with Gasteiger partial charge in [-0.3, -0.25) is 9.59 Å². The van der Waals surface area contributed by atoms with Gasteiger partial charge >= 0.3 is 0 Å². The van der Waals surface area contributed by atoms with Gasteiger partial charge in [0.25, 0.3) is 11.5 Å². The molecule has 2 bridgehead atoms. The summed E-state index contributed by atoms with van der Waals surface area (Å²) in [5, 5.41) is 0. The fourth-order valence-corrected chi connectivity index (χ4v) is 4.26. The molecule has 0 aromatic carbocycles. The van der Waals surface area contributed by atoms with Crippen molar-refractivity contribution in [3.8, 4) is 0 Å². The van der Waals surface area contributed by atoms with Crippen molar-refractivity contribution in [2.75, 3.05) is 13.1 Å². The van der Waals surface area contributed by atoms with Gasteiger partial charge in [0.1, 0.15) is 11.3 Å². The molecule has 2 atom stereocenters. The number of rotatable bonds is 1. The number of aromatic nitrogens is 3. The SMILES string of the molecule is O=C(c1cn2ccccc2n1)N1C[C@@H]2C[C@H](C1)c1cccc(=O)n1C2. The Morgan fingerprint density at radius 2 is 2.00 bits per heavy atom. The molecule has 3 aromatic rings. The zero-order valence-corrected chi connectivity index (χ0v) is 13.7. The Morgan fingerprint density at radius 1 is 1.08 bits per heavy atom. The molecule has 1 amide bonds. The van der Waals surface area contributed by atoms with Crippen LogP contribution in [0.1, 0.15) is 28.5 Å². The predicted octanol–water partition coefficient (Wildman–Crippen LogP) is 1.76. The molecule has 6 nitrogen and oxygen atoms in total. The van der Waals surface area contributed by atoms with Crippen molar-refractivity contribution < 1.29 is 4.79 Å². The molecule has 0 radical (unpaired) electrons. The van der Waals surface area contributed by atoms with Gasteiger partial charge in [0.15, 0.2) is 0 Å². The Bertz CT molecular complexity index is 1000. The zero-order chi connectivity index (χ0) is 17.0. The highest BCUT2D eigenvalue weighted by Crippen LogP contribution is 2.35. The quantitative estimate of drug-likeness (QED) is 0.681. The maximum Gasteiger partial charge on any atom is 0.274 e. The van der Waals surface area contributed by atoms with E-state index < -0.39 is 0 Å². The van der Waals surface area contributed by atoms with E-state index in [9.17, 15) is 9.59 Å². The monoisotopic (exact) mass is 334 g/mol. The highest BCUT2D eigenvalue weighted by molar-refractivity contribution is 5.93. The minimum atomic E-state index is -0.0230. The summed E-state index contributed by atoms with van der Waals surface area (Å²) in [4.78, 5) is 31.4. The van der Waals surface area contributed by atoms with Crippen LogP contribution in [0.5, 0.6) is 0 Å². The summed E-state index contributed by atoms with van der Waals surface area (Å²) in [6, 6.07) is 11.2. The molecule has 5 rings (SSSR count). The average molecular weight is 334 g/mol. The standard InChI is InChI=1S/C19H18N4O2/c24-18-6-3-4-16-14-8-13(10-23(16)18)9-22(11-14)19(25)15-12-21-7-2-1-5-17(21)20-15/h1-7,12-14H,8-11H2/t13-,14+/m0/s1. The summed E-state index contributed by atoms with van der Waals surface area (Å²) in [5.41, 5.74) is 2.38. The first-order chi connectivity index (χ1) is 12.2. The normalized spacial score (nSPS) is 22.0. The third-order valence-electron chi connectivity index (χ3n) is 5.35. The first kappa shape index (κ1) is 14.5. The van der Waals surface area contributed by atoms with Crippen molar-refractivity contribution in [1.82, 2.24) is 18.9 Å². The molecule has 0 unspecified atom stereocenters. The van der Waals surface area contributed by atoms with Gasteiger partial charge in [-0.2, -0.15) is 0 Å². The van der Waals surface area contributed by atoms with E-state index in [0.29, 0.717) is 31.2 Å². The number of imidazole rings is 1. The number of hydrogen-bond acceptors (Lipinski definition) is 3. The summed E-state index contributed by atoms with van der Waals surface area (Å²) in [5.74, 6) is 0.528. The summed E-state index contributed by atoms with van der Waals surface area (Å²) in [6.07, 6.45) is 4.73. The van der Waals surface area contributed by atoms with Gasteiger partial charge in [-0.15, -0.1) is 0 Å². The van der Waals surface area contributed by atoms with Crippen LogP contribution in [0, 0.1) is 5.92 Å². The minimum Gasteiger partial charge on any atom is -0.336 e. The lowest BCUT2D eigenvalue weighted by Crippen LogP contribution is -2.49. The Morgan fingerprint density at radius 3 is 2.88 bits per heavy atom. The zero-order valence-electron chi connectivity index (χ0n) is 13.7. The van der Waals surface area contributed by atoms with Crippen molar-refractivity contribution in [1.29, 1.82) is 0 Å². The number of carbonyl (C=O) groups excluding carboxylic acids is 1. The van der Waals surface area contributed by atoms with Crippen LogP contribution in [0.3, 0.4) is 0 Å². The maximum atomic E-state index is 13.0. The summed E-state index contributed by atoms with van der Waals surface area (Å²) in [6.45, 7) is 2.02. The van der Waals surface area contributed by atoms with E-state index in [4.69, 9.17) is 0 Å². The lowest BCUT2D eigenvalue weighted by Gasteiger charge is -2.42. The largest absolute Gasteiger partial charge is 0.336 e. The van der Waals surface area contributed by atoms with Crippen molar-refractivity contribution in [2.45, 2.75) is 18.9 Å². The number of piperidine rings is 1. The van der Waals surface area contributed by atoms with Gasteiger partial charge in [0, 0.05) is 49.7 Å². The van der Waals surface area contributed by atoms with Crippen LogP contribution in [0.2, 0.25) is 0 Å². The van der Waals surface area contributed by atoms with E-state index in [2.05, 4.69) is 4.98 Å². The number of likely N-dealkylation sites (tertiary alicyclic amines) is 1. The van der Waals surface area contributed by atoms with E-state index in [0.717, 1.165) is 17.8 Å². The smallest absolute Gasteiger partial charge is 0.274 e. The molecule has 25 heavy (non-hydrogen) atoms. The van der Waals surface area contributed by atoms with Crippen LogP contribution in [-0.4, -0.2) is 37.8 Å². The van der Waals surface area contributed by atoms with E-state index in [-0.39, 0.29) is 17.4 Å². The van der Waals surface area contributed by atoms with E-state index in [1.54, 1.807) is 12.3 Å². The van der Waals surface area contributed by atoms with Crippen LogP contribution in [0.25, 0.3) is 5.65 Å². The molecule has 1 fully saturated rings. The molecular formula is C19H18N4O2. The molecular weight excluding hydrogens is 316 g/mol. The number of fused-ring (bicyclic) bond motifs is 5. The Labute approximate surface area is 144 Å². The molecule has 6 heteroatoms. The fraction of sp³-hybridized carbons (Fsp3) is 0.316. The molecule has 1 saturated heterocycles. The molecule has 0 saturated carbocycles. The van der Waals surface area contributed by atoms with Crippen LogP contribution < -0.4 is 5.56 Å². The topological polar surface area (TPSA) is 59.6 Å². The average Bonchev–Trinajstić information content (AvgIpc) is 3.06. The van der Waals surface area contributed by atoms with Gasteiger partial charge in [-0.25, -0.2) is 4.98 Å². The number of amides is 1. The molecule has 0 N–H and O–H groups in total. The fourth-order valence-electron chi connectivity index (χ4n) is 4.26. The minimum absolute atomic E-state index is 0.0230. The van der Waals surface area contributed by atoms with Gasteiger partial charge < -0.3 is 13.9 Å². The van der Waals surface area contributed by atoms with Gasteiger partial charge in [-0.05, 0) is 30.5 Å². The summed E-state index contributed by atoms with van der Waals surface area (Å²) in [7, 11) is 0. The third kappa shape index (κ3) is 2.28. The lowest BCUT2D eigenvalue weighted by molar-refractivity contribution is 0.0589. The van der Waals surface area contributed by atoms with Crippen LogP contribution in [0.4, 0.5) is 0 Å². The second-order valence-electron chi connectivity index (χ2n) is 7.00. The first-order valence-electron chi connectivity index (χ1n) is 8.62. The second-order valence-corrected chi connectivity index (χ2v) is 7.00. The highest BCUT2D eigenvalue weighted by atomic mass is 16.2. The van der Waals surface area contributed by atoms with E-state index >= 15 is 0 Å². The summed E-state index contributed by atoms with van der Waals surface area (Å²) >= 11 is 0. The van der Waals surface area contributed by atoms with Crippen molar-refractivity contribution in [3.05, 3.63) is 70.5 Å². The van der Waals surface area contributed by atoms with Gasteiger partial charge in [-0.1, -0.05) is 12.1 Å². The number of pyridine rings is 2. The van der Waals surface area contributed by atoms with Crippen molar-refractivity contribution in [2.24, 2.45) is 5.92 Å². The molecule has 0 aliphatic carbocycles. The maximum absolute atomic E-state index is 13.0. The molecule has 2 aliphatic heterocycles. The van der Waals surface area contributed by atoms with E-state index in [1.807, 2.05) is 50.4 Å². The van der Waals surface area contributed by atoms with Crippen molar-refractivity contribution in [3.63, 3.8) is 0 Å². The van der Waals surface area contributed by atoms with Crippen LogP contribution in [0.15, 0.2) is 53.6 Å². The number of nitrogens with zero attached hydrogens (tertiary/aromatic N) is 4. The molecule has 0 spiro atoms. The molecule has 126 valence electrons. The molecule has 3 aromatic heterocycles. The summed E-state index contributed by atoms with van der Waals surface area (Å²) < 4.78 is 3.75. The lowest BCUT2D eigenvalue weighted by atomic mass is 9.83. The van der Waals surface area contributed by atoms with Gasteiger partial charge in [0.2, 0.25) is 0 Å². The first-order valence-corrected chi connectivity index (χ1v) is 8.62. The van der Waals surface area contributed by atoms with Crippen molar-refractivity contribution >= 4 is 11.6 Å². The second kappa shape index (κ2) is 5.31.